The van der Waals surface area contributed by atoms with Crippen LogP contribution in [0, 0.1) is 0 Å². The third-order valence-electron chi connectivity index (χ3n) is 2.17. The van der Waals surface area contributed by atoms with Crippen LogP contribution in [0.5, 0.6) is 0 Å². The van der Waals surface area contributed by atoms with E-state index in [-0.39, 0.29) is 6.04 Å². The first-order chi connectivity index (χ1) is 6.97. The standard InChI is InChI=1S/C8H17N3O2S2/c1-2-10-15(12,13)11(7-3-4-7)6-5-8(9)14/h7,10H,2-6H2,1H3,(H2,9,14). The molecule has 0 aromatic heterocycles. The molecule has 1 rings (SSSR count). The van der Waals surface area contributed by atoms with E-state index in [4.69, 9.17) is 18.0 Å². The Morgan fingerprint density at radius 1 is 1.60 bits per heavy atom. The van der Waals surface area contributed by atoms with E-state index in [0.29, 0.717) is 24.5 Å². The van der Waals surface area contributed by atoms with Gasteiger partial charge in [0.25, 0.3) is 10.2 Å². The molecule has 0 aromatic rings. The molecule has 1 fully saturated rings. The molecule has 1 aliphatic carbocycles. The molecule has 0 aromatic carbocycles. The van der Waals surface area contributed by atoms with Gasteiger partial charge in [-0.1, -0.05) is 19.1 Å². The summed E-state index contributed by atoms with van der Waals surface area (Å²) in [7, 11) is -3.34. The molecule has 0 unspecified atom stereocenters. The van der Waals surface area contributed by atoms with Crippen LogP contribution in [-0.2, 0) is 10.2 Å². The smallest absolute Gasteiger partial charge is 0.279 e. The molecule has 0 saturated heterocycles. The Hall–Kier alpha value is -0.240. The third kappa shape index (κ3) is 4.02. The zero-order valence-electron chi connectivity index (χ0n) is 8.77. The van der Waals surface area contributed by atoms with E-state index in [1.165, 1.54) is 4.31 Å². The fourth-order valence-electron chi connectivity index (χ4n) is 1.35. The third-order valence-corrected chi connectivity index (χ3v) is 4.12. The molecule has 0 amide bonds. The molecule has 3 N–H and O–H groups in total. The number of nitrogens with zero attached hydrogens (tertiary/aromatic N) is 1. The molecule has 1 saturated carbocycles. The highest BCUT2D eigenvalue weighted by Gasteiger charge is 2.36. The number of nitrogens with two attached hydrogens (primary N) is 1. The van der Waals surface area contributed by atoms with E-state index in [2.05, 4.69) is 4.72 Å². The van der Waals surface area contributed by atoms with Crippen molar-refractivity contribution in [1.29, 1.82) is 0 Å². The Labute approximate surface area is 96.2 Å². The molecule has 0 atom stereocenters. The molecule has 0 heterocycles. The fraction of sp³-hybridized carbons (Fsp3) is 0.875. The first kappa shape index (κ1) is 12.8. The summed E-state index contributed by atoms with van der Waals surface area (Å²) in [6, 6.07) is 0.142. The van der Waals surface area contributed by atoms with Crippen molar-refractivity contribution in [3.05, 3.63) is 0 Å². The van der Waals surface area contributed by atoms with Crippen molar-refractivity contribution in [3.8, 4) is 0 Å². The van der Waals surface area contributed by atoms with E-state index in [1.54, 1.807) is 6.92 Å². The lowest BCUT2D eigenvalue weighted by Gasteiger charge is -2.21. The van der Waals surface area contributed by atoms with Gasteiger partial charge in [-0.25, -0.2) is 4.72 Å². The average molecular weight is 251 g/mol. The summed E-state index contributed by atoms with van der Waals surface area (Å²) in [6.07, 6.45) is 2.31. The Morgan fingerprint density at radius 3 is 2.60 bits per heavy atom. The predicted molar refractivity (Wildman–Crippen MR) is 63.7 cm³/mol. The number of hydrogen-bond donors (Lipinski definition) is 2. The van der Waals surface area contributed by atoms with Gasteiger partial charge in [0.2, 0.25) is 0 Å². The van der Waals surface area contributed by atoms with Crippen LogP contribution >= 0.6 is 12.2 Å². The summed E-state index contributed by atoms with van der Waals surface area (Å²) in [4.78, 5) is 0.354. The van der Waals surface area contributed by atoms with E-state index in [1.807, 2.05) is 0 Å². The number of thiocarbonyl (C=S) groups is 1. The maximum atomic E-state index is 11.8. The number of hydrogen-bond acceptors (Lipinski definition) is 3. The van der Waals surface area contributed by atoms with Crippen LogP contribution in [0.25, 0.3) is 0 Å². The van der Waals surface area contributed by atoms with Gasteiger partial charge < -0.3 is 5.73 Å². The second-order valence-corrected chi connectivity index (χ2v) is 5.79. The Morgan fingerprint density at radius 2 is 2.20 bits per heavy atom. The quantitative estimate of drug-likeness (QED) is 0.624. The second-order valence-electron chi connectivity index (χ2n) is 3.56. The monoisotopic (exact) mass is 251 g/mol. The van der Waals surface area contributed by atoms with E-state index in [0.717, 1.165) is 12.8 Å². The summed E-state index contributed by atoms with van der Waals surface area (Å²) in [5.74, 6) is 0. The zero-order chi connectivity index (χ0) is 11.5. The van der Waals surface area contributed by atoms with Gasteiger partial charge in [-0.05, 0) is 12.8 Å². The van der Waals surface area contributed by atoms with Gasteiger partial charge in [0.05, 0.1) is 4.99 Å². The van der Waals surface area contributed by atoms with Crippen LogP contribution in [-0.4, -0.2) is 36.8 Å². The average Bonchev–Trinajstić information content (AvgIpc) is 2.87. The molecular weight excluding hydrogens is 234 g/mol. The summed E-state index contributed by atoms with van der Waals surface area (Å²) in [5.41, 5.74) is 5.37. The highest BCUT2D eigenvalue weighted by atomic mass is 32.2. The van der Waals surface area contributed by atoms with Crippen molar-refractivity contribution in [1.82, 2.24) is 9.03 Å². The van der Waals surface area contributed by atoms with Gasteiger partial charge in [-0.15, -0.1) is 0 Å². The van der Waals surface area contributed by atoms with Gasteiger partial charge in [-0.2, -0.15) is 12.7 Å². The van der Waals surface area contributed by atoms with Crippen molar-refractivity contribution >= 4 is 27.4 Å². The maximum Gasteiger partial charge on any atom is 0.279 e. The molecule has 5 nitrogen and oxygen atoms in total. The van der Waals surface area contributed by atoms with Gasteiger partial charge in [0, 0.05) is 25.6 Å². The molecule has 0 spiro atoms. The van der Waals surface area contributed by atoms with Crippen LogP contribution in [0.3, 0.4) is 0 Å². The molecule has 7 heteroatoms. The fourth-order valence-corrected chi connectivity index (χ4v) is 2.90. The summed E-state index contributed by atoms with van der Waals surface area (Å²) in [6.45, 7) is 2.55. The Bertz CT molecular complexity index is 325. The Kier molecular flexibility index (Phi) is 4.45. The van der Waals surface area contributed by atoms with Crippen LogP contribution in [0.4, 0.5) is 0 Å². The normalized spacial score (nSPS) is 16.9. The van der Waals surface area contributed by atoms with E-state index < -0.39 is 10.2 Å². The SMILES string of the molecule is CCNS(=O)(=O)N(CCC(N)=S)C1CC1. The van der Waals surface area contributed by atoms with Gasteiger partial charge in [0.15, 0.2) is 0 Å². The predicted octanol–water partition coefficient (Wildman–Crippen LogP) is -0.0187. The van der Waals surface area contributed by atoms with Gasteiger partial charge >= 0.3 is 0 Å². The first-order valence-electron chi connectivity index (χ1n) is 5.02. The lowest BCUT2D eigenvalue weighted by Crippen LogP contribution is -2.43. The largest absolute Gasteiger partial charge is 0.393 e. The van der Waals surface area contributed by atoms with Crippen molar-refractivity contribution in [2.45, 2.75) is 32.2 Å². The van der Waals surface area contributed by atoms with E-state index in [9.17, 15) is 8.42 Å². The lowest BCUT2D eigenvalue weighted by atomic mass is 10.4. The highest BCUT2D eigenvalue weighted by molar-refractivity contribution is 7.87. The van der Waals surface area contributed by atoms with Gasteiger partial charge in [0.1, 0.15) is 0 Å². The second kappa shape index (κ2) is 5.20. The molecule has 88 valence electrons. The summed E-state index contributed by atoms with van der Waals surface area (Å²) >= 11 is 4.74. The summed E-state index contributed by atoms with van der Waals surface area (Å²) in [5, 5.41) is 0. The molecular formula is C8H17N3O2S2. The van der Waals surface area contributed by atoms with Crippen LogP contribution in [0.15, 0.2) is 0 Å². The van der Waals surface area contributed by atoms with Crippen molar-refractivity contribution in [2.24, 2.45) is 5.73 Å². The maximum absolute atomic E-state index is 11.8. The van der Waals surface area contributed by atoms with Crippen molar-refractivity contribution < 1.29 is 8.42 Å². The van der Waals surface area contributed by atoms with Crippen LogP contribution < -0.4 is 10.5 Å². The van der Waals surface area contributed by atoms with Crippen molar-refractivity contribution in [3.63, 3.8) is 0 Å². The van der Waals surface area contributed by atoms with Crippen molar-refractivity contribution in [2.75, 3.05) is 13.1 Å². The molecule has 15 heavy (non-hydrogen) atoms. The molecule has 0 aliphatic heterocycles. The van der Waals surface area contributed by atoms with Crippen LogP contribution in [0.2, 0.25) is 0 Å². The minimum absolute atomic E-state index is 0.142. The molecule has 0 radical (unpaired) electrons. The minimum Gasteiger partial charge on any atom is -0.393 e. The lowest BCUT2D eigenvalue weighted by molar-refractivity contribution is 0.405. The highest BCUT2D eigenvalue weighted by Crippen LogP contribution is 2.28. The minimum atomic E-state index is -3.34. The van der Waals surface area contributed by atoms with Gasteiger partial charge in [-0.3, -0.25) is 0 Å². The summed E-state index contributed by atoms with van der Waals surface area (Å²) < 4.78 is 27.5. The Balaban J connectivity index is 2.60. The molecule has 1 aliphatic rings. The van der Waals surface area contributed by atoms with Crippen LogP contribution in [0.1, 0.15) is 26.2 Å². The zero-order valence-corrected chi connectivity index (χ0v) is 10.4. The number of rotatable bonds is 7. The van der Waals surface area contributed by atoms with E-state index >= 15 is 0 Å². The molecule has 0 bridgehead atoms. The topological polar surface area (TPSA) is 75.4 Å². The first-order valence-corrected chi connectivity index (χ1v) is 6.87. The number of nitrogens with one attached hydrogen (secondary N) is 1.